The van der Waals surface area contributed by atoms with Crippen LogP contribution in [0, 0.1) is 0 Å². The van der Waals surface area contributed by atoms with Crippen LogP contribution in [0.3, 0.4) is 0 Å². The summed E-state index contributed by atoms with van der Waals surface area (Å²) in [4.78, 5) is 0. The Hall–Kier alpha value is -1.06. The van der Waals surface area contributed by atoms with Crippen molar-refractivity contribution in [3.05, 3.63) is 0 Å². The quantitative estimate of drug-likeness (QED) is 0.310. The van der Waals surface area contributed by atoms with Crippen LogP contribution in [-0.4, -0.2) is 11.7 Å². The lowest BCUT2D eigenvalue weighted by Gasteiger charge is -1.88. The Bertz CT molecular complexity index is 159. The number of hydrogen-bond donors (Lipinski definition) is 2. The normalized spacial score (nSPS) is 17.0. The molecule has 0 bridgehead atoms. The summed E-state index contributed by atoms with van der Waals surface area (Å²) in [5.74, 6) is 0.0411. The minimum absolute atomic E-state index is 0.0411. The van der Waals surface area contributed by atoms with E-state index in [0.29, 0.717) is 0 Å². The van der Waals surface area contributed by atoms with Crippen molar-refractivity contribution < 1.29 is 0 Å². The Kier molecular flexibility index (Phi) is 2.25. The van der Waals surface area contributed by atoms with Crippen LogP contribution >= 0.6 is 0 Å². The maximum absolute atomic E-state index is 5.09. The van der Waals surface area contributed by atoms with Crippen LogP contribution in [0.15, 0.2) is 10.2 Å². The lowest BCUT2D eigenvalue weighted by molar-refractivity contribution is 0.886. The van der Waals surface area contributed by atoms with Gasteiger partial charge in [-0.25, -0.2) is 0 Å². The van der Waals surface area contributed by atoms with Gasteiger partial charge in [0.05, 0.1) is 0 Å². The minimum atomic E-state index is 0.0411. The molecule has 4 heteroatoms. The first-order chi connectivity index (χ1) is 4.79. The Morgan fingerprint density at radius 1 is 1.20 bits per heavy atom. The smallest absolute Gasteiger partial charge is 0.211 e. The number of guanidine groups is 1. The molecular formula is C6H12N4. The van der Waals surface area contributed by atoms with Gasteiger partial charge < -0.3 is 11.5 Å². The first-order valence-corrected chi connectivity index (χ1v) is 3.43. The summed E-state index contributed by atoms with van der Waals surface area (Å²) in [6.07, 6.45) is 4.55. The molecule has 0 aromatic carbocycles. The highest BCUT2D eigenvalue weighted by atomic mass is 15.3. The van der Waals surface area contributed by atoms with Crippen molar-refractivity contribution >= 4 is 11.7 Å². The van der Waals surface area contributed by atoms with E-state index in [-0.39, 0.29) is 5.96 Å². The number of nitrogens with zero attached hydrogens (tertiary/aromatic N) is 2. The molecule has 0 amide bonds. The van der Waals surface area contributed by atoms with Gasteiger partial charge in [0.2, 0.25) is 5.96 Å². The Morgan fingerprint density at radius 2 is 1.80 bits per heavy atom. The molecule has 1 saturated carbocycles. The highest BCUT2D eigenvalue weighted by Gasteiger charge is 2.06. The molecule has 0 aromatic rings. The second-order valence-electron chi connectivity index (χ2n) is 2.40. The van der Waals surface area contributed by atoms with E-state index in [1.165, 1.54) is 12.8 Å². The molecule has 0 spiro atoms. The highest BCUT2D eigenvalue weighted by Crippen LogP contribution is 2.14. The Balaban J connectivity index is 2.46. The molecule has 1 fully saturated rings. The van der Waals surface area contributed by atoms with E-state index in [1.54, 1.807) is 0 Å². The van der Waals surface area contributed by atoms with Gasteiger partial charge in [-0.15, -0.1) is 5.10 Å². The third kappa shape index (κ3) is 2.05. The van der Waals surface area contributed by atoms with E-state index >= 15 is 0 Å². The predicted octanol–water partition coefficient (Wildman–Crippen LogP) is 0.190. The predicted molar refractivity (Wildman–Crippen MR) is 41.7 cm³/mol. The Labute approximate surface area is 60.0 Å². The van der Waals surface area contributed by atoms with Crippen molar-refractivity contribution in [2.75, 3.05) is 0 Å². The monoisotopic (exact) mass is 140 g/mol. The van der Waals surface area contributed by atoms with Gasteiger partial charge in [0.1, 0.15) is 0 Å². The van der Waals surface area contributed by atoms with Gasteiger partial charge in [-0.05, 0) is 25.7 Å². The summed E-state index contributed by atoms with van der Waals surface area (Å²) >= 11 is 0. The van der Waals surface area contributed by atoms with Crippen molar-refractivity contribution in [1.29, 1.82) is 0 Å². The molecule has 4 N–H and O–H groups in total. The van der Waals surface area contributed by atoms with Gasteiger partial charge in [-0.3, -0.25) is 0 Å². The zero-order valence-corrected chi connectivity index (χ0v) is 5.88. The van der Waals surface area contributed by atoms with Crippen molar-refractivity contribution in [2.24, 2.45) is 21.7 Å². The van der Waals surface area contributed by atoms with Crippen LogP contribution in [0.25, 0.3) is 0 Å². The first kappa shape index (κ1) is 7.05. The van der Waals surface area contributed by atoms with Crippen LogP contribution in [0.1, 0.15) is 25.7 Å². The second kappa shape index (κ2) is 3.20. The fraction of sp³-hybridized carbons (Fsp3) is 0.667. The molecule has 0 atom stereocenters. The van der Waals surface area contributed by atoms with Gasteiger partial charge >= 0.3 is 0 Å². The molecule has 1 aliphatic carbocycles. The largest absolute Gasteiger partial charge is 0.369 e. The van der Waals surface area contributed by atoms with E-state index in [9.17, 15) is 0 Å². The summed E-state index contributed by atoms with van der Waals surface area (Å²) in [6.45, 7) is 0. The lowest BCUT2D eigenvalue weighted by Crippen LogP contribution is -2.22. The van der Waals surface area contributed by atoms with Gasteiger partial charge in [-0.1, -0.05) is 0 Å². The maximum Gasteiger partial charge on any atom is 0.211 e. The average molecular weight is 140 g/mol. The zero-order chi connectivity index (χ0) is 7.40. The third-order valence-electron chi connectivity index (χ3n) is 1.49. The van der Waals surface area contributed by atoms with Crippen molar-refractivity contribution in [1.82, 2.24) is 0 Å². The van der Waals surface area contributed by atoms with Gasteiger partial charge in [-0.2, -0.15) is 5.10 Å². The van der Waals surface area contributed by atoms with Crippen LogP contribution in [-0.2, 0) is 0 Å². The summed E-state index contributed by atoms with van der Waals surface area (Å²) in [7, 11) is 0. The number of rotatable bonds is 1. The van der Waals surface area contributed by atoms with Gasteiger partial charge in [0, 0.05) is 5.71 Å². The molecule has 0 aliphatic heterocycles. The van der Waals surface area contributed by atoms with Gasteiger partial charge in [0.25, 0.3) is 0 Å². The topological polar surface area (TPSA) is 76.8 Å². The van der Waals surface area contributed by atoms with Crippen LogP contribution in [0.5, 0.6) is 0 Å². The number of nitrogens with two attached hydrogens (primary N) is 2. The second-order valence-corrected chi connectivity index (χ2v) is 2.40. The molecule has 10 heavy (non-hydrogen) atoms. The van der Waals surface area contributed by atoms with Crippen LogP contribution in [0.4, 0.5) is 0 Å². The average Bonchev–Trinajstić information content (AvgIpc) is 2.34. The highest BCUT2D eigenvalue weighted by molar-refractivity contribution is 5.87. The molecule has 0 radical (unpaired) electrons. The molecule has 1 rings (SSSR count). The zero-order valence-electron chi connectivity index (χ0n) is 5.88. The SMILES string of the molecule is NC(N)=NN=C1CCCC1. The standard InChI is InChI=1S/C6H12N4/c7-6(8)10-9-5-3-1-2-4-5/h1-4H2,(H4,7,8,10). The van der Waals surface area contributed by atoms with Gasteiger partial charge in [0.15, 0.2) is 0 Å². The summed E-state index contributed by atoms with van der Waals surface area (Å²) in [6, 6.07) is 0. The lowest BCUT2D eigenvalue weighted by atomic mass is 10.3. The van der Waals surface area contributed by atoms with E-state index < -0.39 is 0 Å². The van der Waals surface area contributed by atoms with E-state index in [0.717, 1.165) is 18.6 Å². The fourth-order valence-electron chi connectivity index (χ4n) is 1.01. The number of hydrogen-bond acceptors (Lipinski definition) is 2. The van der Waals surface area contributed by atoms with Crippen LogP contribution in [0.2, 0.25) is 0 Å². The third-order valence-corrected chi connectivity index (χ3v) is 1.49. The summed E-state index contributed by atoms with van der Waals surface area (Å²) in [5, 5.41) is 7.44. The summed E-state index contributed by atoms with van der Waals surface area (Å²) < 4.78 is 0. The molecule has 0 aromatic heterocycles. The van der Waals surface area contributed by atoms with Crippen molar-refractivity contribution in [3.63, 3.8) is 0 Å². The Morgan fingerprint density at radius 3 is 2.30 bits per heavy atom. The maximum atomic E-state index is 5.09. The molecular weight excluding hydrogens is 128 g/mol. The molecule has 56 valence electrons. The molecule has 4 nitrogen and oxygen atoms in total. The fourth-order valence-corrected chi connectivity index (χ4v) is 1.01. The van der Waals surface area contributed by atoms with Crippen molar-refractivity contribution in [3.8, 4) is 0 Å². The summed E-state index contributed by atoms with van der Waals surface area (Å²) in [5.41, 5.74) is 11.3. The molecule has 0 unspecified atom stereocenters. The molecule has 1 aliphatic rings. The van der Waals surface area contributed by atoms with Crippen molar-refractivity contribution in [2.45, 2.75) is 25.7 Å². The first-order valence-electron chi connectivity index (χ1n) is 3.43. The minimum Gasteiger partial charge on any atom is -0.369 e. The van der Waals surface area contributed by atoms with E-state index in [1.807, 2.05) is 0 Å². The molecule has 0 heterocycles. The van der Waals surface area contributed by atoms with Crippen LogP contribution < -0.4 is 11.5 Å². The van der Waals surface area contributed by atoms with E-state index in [2.05, 4.69) is 10.2 Å². The van der Waals surface area contributed by atoms with E-state index in [4.69, 9.17) is 11.5 Å². The molecule has 0 saturated heterocycles.